The van der Waals surface area contributed by atoms with E-state index in [0.29, 0.717) is 6.04 Å². The maximum absolute atomic E-state index is 5.98. The van der Waals surface area contributed by atoms with E-state index in [1.165, 1.54) is 31.4 Å². The number of nitrogens with zero attached hydrogens (tertiary/aromatic N) is 2. The molecule has 0 amide bonds. The number of hydrogen-bond donors (Lipinski definition) is 1. The smallest absolute Gasteiger partial charge is 0.0407 e. The van der Waals surface area contributed by atoms with E-state index in [-0.39, 0.29) is 0 Å². The summed E-state index contributed by atoms with van der Waals surface area (Å²) in [6.07, 6.45) is 5.14. The third kappa shape index (κ3) is 4.87. The van der Waals surface area contributed by atoms with Crippen LogP contribution in [-0.4, -0.2) is 43.7 Å². The zero-order valence-electron chi connectivity index (χ0n) is 13.1. The summed E-state index contributed by atoms with van der Waals surface area (Å²) < 4.78 is 0. The van der Waals surface area contributed by atoms with Gasteiger partial charge in [-0.3, -0.25) is 4.90 Å². The molecule has 1 heterocycles. The van der Waals surface area contributed by atoms with Gasteiger partial charge in [0.2, 0.25) is 0 Å². The number of anilines is 1. The molecule has 2 rings (SSSR count). The van der Waals surface area contributed by atoms with E-state index in [1.807, 2.05) is 12.1 Å². The van der Waals surface area contributed by atoms with Crippen LogP contribution in [0.5, 0.6) is 0 Å². The minimum atomic E-state index is 0.559. The highest BCUT2D eigenvalue weighted by molar-refractivity contribution is 6.30. The molecular formula is C17H28ClN3. The Morgan fingerprint density at radius 1 is 1.10 bits per heavy atom. The minimum absolute atomic E-state index is 0.559. The van der Waals surface area contributed by atoms with Gasteiger partial charge in [-0.1, -0.05) is 37.8 Å². The van der Waals surface area contributed by atoms with Crippen molar-refractivity contribution in [3.8, 4) is 0 Å². The molecule has 1 unspecified atom stereocenters. The lowest BCUT2D eigenvalue weighted by Gasteiger charge is -2.40. The Bertz CT molecular complexity index is 399. The highest BCUT2D eigenvalue weighted by Gasteiger charge is 2.22. The SMILES string of the molecule is CCCCCC(CN)N1CCN(c2ccc(Cl)cc2)CC1. The third-order valence-electron chi connectivity index (χ3n) is 4.44. The highest BCUT2D eigenvalue weighted by atomic mass is 35.5. The summed E-state index contributed by atoms with van der Waals surface area (Å²) in [6, 6.07) is 8.72. The number of unbranched alkanes of at least 4 members (excludes halogenated alkanes) is 2. The fraction of sp³-hybridized carbons (Fsp3) is 0.647. The lowest BCUT2D eigenvalue weighted by Crippen LogP contribution is -2.52. The van der Waals surface area contributed by atoms with E-state index < -0.39 is 0 Å². The standard InChI is InChI=1S/C17H28ClN3/c1-2-3-4-5-17(14-19)21-12-10-20(11-13-21)16-8-6-15(18)7-9-16/h6-9,17H,2-5,10-14,19H2,1H3. The second-order valence-corrected chi connectivity index (χ2v) is 6.32. The van der Waals surface area contributed by atoms with E-state index in [9.17, 15) is 0 Å². The molecule has 1 aliphatic heterocycles. The van der Waals surface area contributed by atoms with Crippen molar-refractivity contribution in [2.45, 2.75) is 38.6 Å². The first-order valence-electron chi connectivity index (χ1n) is 8.19. The van der Waals surface area contributed by atoms with Gasteiger partial charge < -0.3 is 10.6 Å². The van der Waals surface area contributed by atoms with Gasteiger partial charge >= 0.3 is 0 Å². The van der Waals surface area contributed by atoms with Crippen LogP contribution in [0.1, 0.15) is 32.6 Å². The van der Waals surface area contributed by atoms with Crippen LogP contribution in [-0.2, 0) is 0 Å². The fourth-order valence-corrected chi connectivity index (χ4v) is 3.20. The second kappa shape index (κ2) is 8.62. The van der Waals surface area contributed by atoms with Crippen LogP contribution in [0, 0.1) is 0 Å². The Labute approximate surface area is 134 Å². The predicted molar refractivity (Wildman–Crippen MR) is 92.2 cm³/mol. The van der Waals surface area contributed by atoms with Crippen LogP contribution in [0.2, 0.25) is 5.02 Å². The number of hydrogen-bond acceptors (Lipinski definition) is 3. The van der Waals surface area contributed by atoms with Crippen molar-refractivity contribution >= 4 is 17.3 Å². The molecule has 0 aromatic heterocycles. The molecule has 1 aromatic rings. The van der Waals surface area contributed by atoms with Crippen molar-refractivity contribution < 1.29 is 0 Å². The van der Waals surface area contributed by atoms with Crippen molar-refractivity contribution in [1.82, 2.24) is 4.90 Å². The monoisotopic (exact) mass is 309 g/mol. The van der Waals surface area contributed by atoms with Gasteiger partial charge in [0.25, 0.3) is 0 Å². The molecule has 21 heavy (non-hydrogen) atoms. The summed E-state index contributed by atoms with van der Waals surface area (Å²) in [4.78, 5) is 5.01. The Morgan fingerprint density at radius 2 is 1.76 bits per heavy atom. The van der Waals surface area contributed by atoms with Crippen molar-refractivity contribution in [2.24, 2.45) is 5.73 Å². The summed E-state index contributed by atoms with van der Waals surface area (Å²) in [5, 5.41) is 0.802. The Hall–Kier alpha value is -0.770. The predicted octanol–water partition coefficient (Wildman–Crippen LogP) is 3.37. The molecule has 118 valence electrons. The summed E-state index contributed by atoms with van der Waals surface area (Å²) >= 11 is 5.95. The van der Waals surface area contributed by atoms with Gasteiger partial charge in [0.1, 0.15) is 0 Å². The lowest BCUT2D eigenvalue weighted by atomic mass is 10.1. The van der Waals surface area contributed by atoms with Crippen molar-refractivity contribution in [1.29, 1.82) is 0 Å². The van der Waals surface area contributed by atoms with Crippen LogP contribution >= 0.6 is 11.6 Å². The first-order valence-corrected chi connectivity index (χ1v) is 8.57. The topological polar surface area (TPSA) is 32.5 Å². The van der Waals surface area contributed by atoms with Gasteiger partial charge in [-0.25, -0.2) is 0 Å². The van der Waals surface area contributed by atoms with Gasteiger partial charge in [0.05, 0.1) is 0 Å². The second-order valence-electron chi connectivity index (χ2n) is 5.88. The van der Waals surface area contributed by atoms with Gasteiger partial charge in [0.15, 0.2) is 0 Å². The molecule has 1 aliphatic rings. The first-order chi connectivity index (χ1) is 10.2. The molecule has 1 fully saturated rings. The Balaban J connectivity index is 1.82. The Morgan fingerprint density at radius 3 is 2.33 bits per heavy atom. The zero-order valence-corrected chi connectivity index (χ0v) is 13.9. The largest absolute Gasteiger partial charge is 0.369 e. The Kier molecular flexibility index (Phi) is 6.81. The molecule has 0 aliphatic carbocycles. The van der Waals surface area contributed by atoms with Crippen LogP contribution in [0.3, 0.4) is 0 Å². The molecular weight excluding hydrogens is 282 g/mol. The first kappa shape index (κ1) is 16.6. The van der Waals surface area contributed by atoms with Gasteiger partial charge in [-0.05, 0) is 30.7 Å². The van der Waals surface area contributed by atoms with Crippen molar-refractivity contribution in [3.63, 3.8) is 0 Å². The van der Waals surface area contributed by atoms with E-state index in [2.05, 4.69) is 28.9 Å². The molecule has 0 radical (unpaired) electrons. The normalized spacial score (nSPS) is 18.0. The van der Waals surface area contributed by atoms with Crippen molar-refractivity contribution in [2.75, 3.05) is 37.6 Å². The lowest BCUT2D eigenvalue weighted by molar-refractivity contribution is 0.177. The van der Waals surface area contributed by atoms with Crippen molar-refractivity contribution in [3.05, 3.63) is 29.3 Å². The highest BCUT2D eigenvalue weighted by Crippen LogP contribution is 2.20. The summed E-state index contributed by atoms with van der Waals surface area (Å²) in [5.41, 5.74) is 7.25. The average molecular weight is 310 g/mol. The molecule has 3 nitrogen and oxygen atoms in total. The minimum Gasteiger partial charge on any atom is -0.369 e. The molecule has 1 atom stereocenters. The molecule has 1 aromatic carbocycles. The molecule has 0 bridgehead atoms. The van der Waals surface area contributed by atoms with Crippen LogP contribution < -0.4 is 10.6 Å². The number of benzene rings is 1. The average Bonchev–Trinajstić information content (AvgIpc) is 2.53. The fourth-order valence-electron chi connectivity index (χ4n) is 3.08. The van der Waals surface area contributed by atoms with Gasteiger partial charge in [-0.2, -0.15) is 0 Å². The molecule has 1 saturated heterocycles. The summed E-state index contributed by atoms with van der Waals surface area (Å²) in [6.45, 7) is 7.40. The molecule has 0 saturated carbocycles. The zero-order chi connectivity index (χ0) is 15.1. The summed E-state index contributed by atoms with van der Waals surface area (Å²) in [5.74, 6) is 0. The maximum Gasteiger partial charge on any atom is 0.0407 e. The number of halogens is 1. The van der Waals surface area contributed by atoms with Crippen LogP contribution in [0.25, 0.3) is 0 Å². The summed E-state index contributed by atoms with van der Waals surface area (Å²) in [7, 11) is 0. The van der Waals surface area contributed by atoms with Crippen LogP contribution in [0.4, 0.5) is 5.69 Å². The number of piperazine rings is 1. The van der Waals surface area contributed by atoms with Gasteiger partial charge in [-0.15, -0.1) is 0 Å². The van der Waals surface area contributed by atoms with E-state index in [1.54, 1.807) is 0 Å². The quantitative estimate of drug-likeness (QED) is 0.784. The van der Waals surface area contributed by atoms with Gasteiger partial charge in [0, 0.05) is 49.5 Å². The maximum atomic E-state index is 5.98. The number of nitrogens with two attached hydrogens (primary N) is 1. The van der Waals surface area contributed by atoms with E-state index in [4.69, 9.17) is 17.3 Å². The molecule has 4 heteroatoms. The third-order valence-corrected chi connectivity index (χ3v) is 4.69. The molecule has 0 spiro atoms. The van der Waals surface area contributed by atoms with E-state index in [0.717, 1.165) is 37.7 Å². The number of rotatable bonds is 7. The van der Waals surface area contributed by atoms with Crippen LogP contribution in [0.15, 0.2) is 24.3 Å². The molecule has 2 N–H and O–H groups in total. The van der Waals surface area contributed by atoms with E-state index >= 15 is 0 Å².